The van der Waals surface area contributed by atoms with Crippen molar-refractivity contribution in [3.8, 4) is 0 Å². The van der Waals surface area contributed by atoms with Crippen LogP contribution in [0.15, 0.2) is 23.1 Å². The van der Waals surface area contributed by atoms with Gasteiger partial charge in [-0.25, -0.2) is 8.42 Å². The van der Waals surface area contributed by atoms with Crippen molar-refractivity contribution >= 4 is 15.5 Å². The van der Waals surface area contributed by atoms with Crippen LogP contribution in [0.5, 0.6) is 0 Å². The van der Waals surface area contributed by atoms with Crippen LogP contribution in [-0.2, 0) is 21.2 Å². The minimum Gasteiger partial charge on any atom is -0.392 e. The molecule has 0 aromatic heterocycles. The van der Waals surface area contributed by atoms with E-state index in [0.29, 0.717) is 23.6 Å². The summed E-state index contributed by atoms with van der Waals surface area (Å²) in [7, 11) is -1.56. The molecule has 30 heavy (non-hydrogen) atoms. The van der Waals surface area contributed by atoms with Crippen molar-refractivity contribution in [1.29, 1.82) is 0 Å². The van der Waals surface area contributed by atoms with Crippen molar-refractivity contribution in [2.75, 3.05) is 44.4 Å². The first kappa shape index (κ1) is 23.5. The van der Waals surface area contributed by atoms with Crippen LogP contribution in [0.25, 0.3) is 0 Å². The Morgan fingerprint density at radius 3 is 2.43 bits per heavy atom. The lowest BCUT2D eigenvalue weighted by atomic mass is 9.86. The van der Waals surface area contributed by atoms with Gasteiger partial charge in [-0.2, -0.15) is 0 Å². The quantitative estimate of drug-likeness (QED) is 0.706. The third-order valence-corrected chi connectivity index (χ3v) is 8.09. The molecule has 170 valence electrons. The van der Waals surface area contributed by atoms with E-state index in [1.165, 1.54) is 31.9 Å². The number of nitrogens with zero attached hydrogens (tertiary/aromatic N) is 2. The van der Waals surface area contributed by atoms with Gasteiger partial charge in [-0.1, -0.05) is 19.9 Å². The van der Waals surface area contributed by atoms with Crippen LogP contribution in [0.3, 0.4) is 0 Å². The average molecular weight is 439 g/mol. The molecule has 1 atom stereocenters. The Bertz CT molecular complexity index is 803. The van der Waals surface area contributed by atoms with E-state index < -0.39 is 9.84 Å². The van der Waals surface area contributed by atoms with E-state index in [4.69, 9.17) is 4.74 Å². The van der Waals surface area contributed by atoms with Crippen LogP contribution in [0.1, 0.15) is 45.1 Å². The van der Waals surface area contributed by atoms with Crippen LogP contribution in [-0.4, -0.2) is 70.1 Å². The first-order valence-electron chi connectivity index (χ1n) is 11.2. The Morgan fingerprint density at radius 2 is 1.87 bits per heavy atom. The Labute approximate surface area is 182 Å². The maximum atomic E-state index is 12.2. The topological polar surface area (TPSA) is 70.1 Å². The minimum atomic E-state index is -3.38. The molecule has 0 radical (unpaired) electrons. The molecule has 2 fully saturated rings. The maximum Gasteiger partial charge on any atom is 0.175 e. The second-order valence-electron chi connectivity index (χ2n) is 9.35. The molecule has 1 aromatic rings. The van der Waals surface area contributed by atoms with E-state index in [2.05, 4.69) is 23.6 Å². The lowest BCUT2D eigenvalue weighted by Gasteiger charge is -2.46. The third kappa shape index (κ3) is 5.55. The average Bonchev–Trinajstić information content (AvgIpc) is 2.73. The normalized spacial score (nSPS) is 26.3. The van der Waals surface area contributed by atoms with Crippen molar-refractivity contribution in [2.45, 2.75) is 63.2 Å². The molecule has 1 aliphatic carbocycles. The molecular weight excluding hydrogens is 400 g/mol. The highest BCUT2D eigenvalue weighted by molar-refractivity contribution is 7.90. The number of piperazine rings is 1. The summed E-state index contributed by atoms with van der Waals surface area (Å²) >= 11 is 0. The van der Waals surface area contributed by atoms with Gasteiger partial charge in [0.25, 0.3) is 0 Å². The van der Waals surface area contributed by atoms with E-state index in [9.17, 15) is 13.5 Å². The van der Waals surface area contributed by atoms with Gasteiger partial charge < -0.3 is 14.7 Å². The molecular formula is C23H38N2O4S. The van der Waals surface area contributed by atoms with Crippen molar-refractivity contribution < 1.29 is 18.3 Å². The van der Waals surface area contributed by atoms with Crippen LogP contribution in [0.2, 0.25) is 0 Å². The molecule has 0 spiro atoms. The molecule has 2 aliphatic rings. The molecule has 7 heteroatoms. The van der Waals surface area contributed by atoms with Gasteiger partial charge in [-0.05, 0) is 55.2 Å². The Morgan fingerprint density at radius 1 is 1.17 bits per heavy atom. The number of aliphatic hydroxyl groups excluding tert-OH is 1. The fraction of sp³-hybridized carbons (Fsp3) is 0.739. The van der Waals surface area contributed by atoms with Gasteiger partial charge in [0.15, 0.2) is 9.84 Å². The highest BCUT2D eigenvalue weighted by Gasteiger charge is 2.32. The van der Waals surface area contributed by atoms with Gasteiger partial charge in [0.2, 0.25) is 0 Å². The Kier molecular flexibility index (Phi) is 7.82. The monoisotopic (exact) mass is 438 g/mol. The minimum absolute atomic E-state index is 0.237. The molecule has 1 saturated heterocycles. The lowest BCUT2D eigenvalue weighted by molar-refractivity contribution is 0.0402. The van der Waals surface area contributed by atoms with Crippen LogP contribution in [0, 0.1) is 11.8 Å². The second-order valence-corrected chi connectivity index (χ2v) is 11.3. The van der Waals surface area contributed by atoms with Crippen LogP contribution >= 0.6 is 0 Å². The molecule has 0 bridgehead atoms. The van der Waals surface area contributed by atoms with E-state index in [1.807, 2.05) is 13.2 Å². The fourth-order valence-electron chi connectivity index (χ4n) is 5.04. The van der Waals surface area contributed by atoms with Gasteiger partial charge in [-0.15, -0.1) is 0 Å². The van der Waals surface area contributed by atoms with E-state index in [-0.39, 0.29) is 11.5 Å². The molecule has 0 amide bonds. The highest BCUT2D eigenvalue weighted by Crippen LogP contribution is 2.31. The number of aliphatic hydroxyl groups is 1. The summed E-state index contributed by atoms with van der Waals surface area (Å²) in [4.78, 5) is 5.19. The van der Waals surface area contributed by atoms with Crippen molar-refractivity contribution in [1.82, 2.24) is 4.90 Å². The summed E-state index contributed by atoms with van der Waals surface area (Å²) in [6, 6.07) is 5.87. The summed E-state index contributed by atoms with van der Waals surface area (Å²) in [6.07, 6.45) is 6.45. The Balaban J connectivity index is 1.71. The number of hydrogen-bond donors (Lipinski definition) is 1. The number of methoxy groups -OCH3 is 1. The smallest absolute Gasteiger partial charge is 0.175 e. The molecule has 1 aliphatic heterocycles. The summed E-state index contributed by atoms with van der Waals surface area (Å²) in [5.41, 5.74) is 1.39. The first-order chi connectivity index (χ1) is 14.2. The maximum absolute atomic E-state index is 12.2. The van der Waals surface area contributed by atoms with Gasteiger partial charge >= 0.3 is 0 Å². The van der Waals surface area contributed by atoms with Gasteiger partial charge in [0.05, 0.1) is 17.6 Å². The summed E-state index contributed by atoms with van der Waals surface area (Å²) in [6.45, 7) is 8.20. The van der Waals surface area contributed by atoms with E-state index >= 15 is 0 Å². The summed E-state index contributed by atoms with van der Waals surface area (Å²) in [5, 5.41) is 9.53. The van der Waals surface area contributed by atoms with Crippen molar-refractivity contribution in [2.24, 2.45) is 11.8 Å². The number of ether oxygens (including phenoxy) is 1. The molecule has 0 unspecified atom stereocenters. The number of rotatable bonds is 7. The molecule has 6 nitrogen and oxygen atoms in total. The predicted octanol–water partition coefficient (Wildman–Crippen LogP) is 2.93. The van der Waals surface area contributed by atoms with E-state index in [0.717, 1.165) is 37.8 Å². The SMILES string of the molecule is CO[C@H]1CC[C@@H](CN2CCN(c3ccc(CO)c(S(C)(=O)=O)c3)C[C@@H]2C(C)C)CC1. The highest BCUT2D eigenvalue weighted by atomic mass is 32.2. The predicted molar refractivity (Wildman–Crippen MR) is 121 cm³/mol. The van der Waals surface area contributed by atoms with Crippen LogP contribution in [0.4, 0.5) is 5.69 Å². The fourth-order valence-corrected chi connectivity index (χ4v) is 5.98. The molecule has 1 aromatic carbocycles. The molecule has 1 N–H and O–H groups in total. The molecule has 3 rings (SSSR count). The van der Waals surface area contributed by atoms with Crippen LogP contribution < -0.4 is 4.90 Å². The van der Waals surface area contributed by atoms with E-state index in [1.54, 1.807) is 12.1 Å². The number of sulfone groups is 1. The zero-order valence-electron chi connectivity index (χ0n) is 18.9. The Hall–Kier alpha value is -1.15. The standard InChI is InChI=1S/C23H38N2O4S/c1-17(2)22-15-24(20-8-7-19(16-26)23(13-20)30(4,27)28)11-12-25(22)14-18-5-9-21(29-3)10-6-18/h7-8,13,17-18,21-22,26H,5-6,9-12,14-16H2,1-4H3/t18-,21+,22-/m1/s1. The number of anilines is 1. The van der Waals surface area contributed by atoms with Crippen molar-refractivity contribution in [3.63, 3.8) is 0 Å². The first-order valence-corrected chi connectivity index (χ1v) is 13.1. The van der Waals surface area contributed by atoms with Gasteiger partial charge in [0, 0.05) is 51.3 Å². The number of benzene rings is 1. The molecule has 1 saturated carbocycles. The number of hydrogen-bond acceptors (Lipinski definition) is 6. The zero-order valence-corrected chi connectivity index (χ0v) is 19.7. The second kappa shape index (κ2) is 9.98. The largest absolute Gasteiger partial charge is 0.392 e. The third-order valence-electron chi connectivity index (χ3n) is 6.91. The zero-order chi connectivity index (χ0) is 21.9. The molecule has 1 heterocycles. The summed E-state index contributed by atoms with van der Waals surface area (Å²) < 4.78 is 29.9. The van der Waals surface area contributed by atoms with Gasteiger partial charge in [-0.3, -0.25) is 4.90 Å². The van der Waals surface area contributed by atoms with Crippen molar-refractivity contribution in [3.05, 3.63) is 23.8 Å². The summed E-state index contributed by atoms with van der Waals surface area (Å²) in [5.74, 6) is 1.26. The lowest BCUT2D eigenvalue weighted by Crippen LogP contribution is -2.56. The van der Waals surface area contributed by atoms with Gasteiger partial charge in [0.1, 0.15) is 0 Å².